The smallest absolute Gasteiger partial charge is 0.149 e. The van der Waals surface area contributed by atoms with Crippen molar-refractivity contribution in [1.29, 1.82) is 0 Å². The summed E-state index contributed by atoms with van der Waals surface area (Å²) in [6.07, 6.45) is 1.95. The number of hydrogen-bond acceptors (Lipinski definition) is 3. The molecule has 0 fully saturated rings. The first-order valence-corrected chi connectivity index (χ1v) is 20.3. The number of pyridine rings is 1. The van der Waals surface area contributed by atoms with E-state index < -0.39 is 0 Å². The molecule has 2 heterocycles. The average molecular weight is 754 g/mol. The highest BCUT2D eigenvalue weighted by Crippen LogP contribution is 2.42. The summed E-state index contributed by atoms with van der Waals surface area (Å²) in [5.41, 5.74) is 16.1. The first-order valence-electron chi connectivity index (χ1n) is 20.3. The molecule has 7 aromatic rings. The fraction of sp³-hybridized carbons (Fsp3) is 0.321. The van der Waals surface area contributed by atoms with E-state index in [4.69, 9.17) is 9.97 Å². The largest absolute Gasteiger partial charge is 0.507 e. The Morgan fingerprint density at radius 1 is 0.509 bits per heavy atom. The number of benzene rings is 5. The fourth-order valence-electron chi connectivity index (χ4n) is 7.71. The third kappa shape index (κ3) is 7.92. The number of fused-ring (bicyclic) bond motifs is 1. The van der Waals surface area contributed by atoms with Gasteiger partial charge < -0.3 is 5.11 Å². The number of rotatable bonds is 5. The minimum atomic E-state index is -0.122. The van der Waals surface area contributed by atoms with Crippen LogP contribution in [0.4, 0.5) is 0 Å². The van der Waals surface area contributed by atoms with E-state index in [2.05, 4.69) is 180 Å². The first kappa shape index (κ1) is 39.7. The molecule has 2 aromatic heterocycles. The zero-order valence-corrected chi connectivity index (χ0v) is 36.3. The predicted octanol–water partition coefficient (Wildman–Crippen LogP) is 14.3. The summed E-state index contributed by atoms with van der Waals surface area (Å²) < 4.78 is 2.24. The number of aromatic nitrogens is 3. The molecule has 0 bridgehead atoms. The summed E-state index contributed by atoms with van der Waals surface area (Å²) in [5, 5.41) is 11.3. The first-order chi connectivity index (χ1) is 26.6. The summed E-state index contributed by atoms with van der Waals surface area (Å²) in [7, 11) is 0. The van der Waals surface area contributed by atoms with E-state index in [0.717, 1.165) is 44.7 Å². The van der Waals surface area contributed by atoms with Gasteiger partial charge >= 0.3 is 0 Å². The minimum Gasteiger partial charge on any atom is -0.507 e. The van der Waals surface area contributed by atoms with Crippen molar-refractivity contribution in [2.24, 2.45) is 0 Å². The van der Waals surface area contributed by atoms with Crippen LogP contribution in [0, 0.1) is 6.92 Å². The quantitative estimate of drug-likeness (QED) is 0.190. The molecule has 0 atom stereocenters. The number of para-hydroxylation sites is 2. The van der Waals surface area contributed by atoms with Crippen molar-refractivity contribution in [2.75, 3.05) is 0 Å². The van der Waals surface area contributed by atoms with E-state index in [0.29, 0.717) is 11.4 Å². The molecule has 0 amide bonds. The van der Waals surface area contributed by atoms with Gasteiger partial charge in [-0.05, 0) is 122 Å². The van der Waals surface area contributed by atoms with Gasteiger partial charge in [0.15, 0.2) is 0 Å². The molecular formula is C53H59N3O. The summed E-state index contributed by atoms with van der Waals surface area (Å²) in [6, 6.07) is 39.0. The van der Waals surface area contributed by atoms with Crippen LogP contribution in [0.3, 0.4) is 0 Å². The highest BCUT2D eigenvalue weighted by Gasteiger charge is 2.26. The molecule has 57 heavy (non-hydrogen) atoms. The van der Waals surface area contributed by atoms with Crippen LogP contribution in [-0.2, 0) is 21.7 Å². The molecule has 4 nitrogen and oxygen atoms in total. The minimum absolute atomic E-state index is 0.00829. The molecule has 0 radical (unpaired) electrons. The number of nitrogens with zero attached hydrogens (tertiary/aromatic N) is 3. The monoisotopic (exact) mass is 753 g/mol. The van der Waals surface area contributed by atoms with Crippen molar-refractivity contribution in [2.45, 2.75) is 112 Å². The summed E-state index contributed by atoms with van der Waals surface area (Å²) >= 11 is 0. The van der Waals surface area contributed by atoms with Gasteiger partial charge in [-0.25, -0.2) is 4.98 Å². The molecule has 0 spiro atoms. The molecule has 0 saturated carbocycles. The number of phenols is 1. The molecule has 7 rings (SSSR count). The highest BCUT2D eigenvalue weighted by molar-refractivity contribution is 5.97. The van der Waals surface area contributed by atoms with Crippen LogP contribution in [0.15, 0.2) is 115 Å². The molecule has 5 aromatic carbocycles. The Balaban J connectivity index is 1.49. The van der Waals surface area contributed by atoms with Crippen LogP contribution in [-0.4, -0.2) is 19.6 Å². The molecule has 0 aliphatic carbocycles. The van der Waals surface area contributed by atoms with Crippen LogP contribution in [0.2, 0.25) is 0 Å². The Bertz CT molecular complexity index is 2600. The molecule has 292 valence electrons. The van der Waals surface area contributed by atoms with Crippen LogP contribution < -0.4 is 0 Å². The zero-order chi connectivity index (χ0) is 41.2. The number of hydrogen-bond donors (Lipinski definition) is 1. The van der Waals surface area contributed by atoms with Crippen molar-refractivity contribution >= 4 is 11.0 Å². The van der Waals surface area contributed by atoms with Crippen molar-refractivity contribution in [3.63, 3.8) is 0 Å². The molecule has 0 aliphatic rings. The number of aromatic hydroxyl groups is 1. The second kappa shape index (κ2) is 14.2. The van der Waals surface area contributed by atoms with E-state index in [9.17, 15) is 5.11 Å². The van der Waals surface area contributed by atoms with Crippen LogP contribution in [0.25, 0.3) is 61.6 Å². The Morgan fingerprint density at radius 2 is 1.12 bits per heavy atom. The van der Waals surface area contributed by atoms with E-state index >= 15 is 0 Å². The summed E-state index contributed by atoms with van der Waals surface area (Å²) in [4.78, 5) is 10.4. The Kier molecular flexibility index (Phi) is 9.88. The summed E-state index contributed by atoms with van der Waals surface area (Å²) in [6.45, 7) is 29.4. The van der Waals surface area contributed by atoms with Crippen molar-refractivity contribution in [3.05, 3.63) is 143 Å². The normalized spacial score (nSPS) is 12.7. The second-order valence-corrected chi connectivity index (χ2v) is 20.0. The van der Waals surface area contributed by atoms with Crippen LogP contribution in [0.1, 0.15) is 111 Å². The van der Waals surface area contributed by atoms with E-state index in [1.807, 2.05) is 24.4 Å². The molecule has 1 N–H and O–H groups in total. The van der Waals surface area contributed by atoms with Crippen molar-refractivity contribution < 1.29 is 5.11 Å². The third-order valence-electron chi connectivity index (χ3n) is 11.2. The molecule has 0 saturated heterocycles. The van der Waals surface area contributed by atoms with Gasteiger partial charge in [0.05, 0.1) is 22.3 Å². The maximum atomic E-state index is 11.3. The summed E-state index contributed by atoms with van der Waals surface area (Å²) in [5.74, 6) is 0.903. The van der Waals surface area contributed by atoms with E-state index in [1.165, 1.54) is 33.4 Å². The van der Waals surface area contributed by atoms with Gasteiger partial charge in [-0.3, -0.25) is 9.55 Å². The number of imidazole rings is 1. The van der Waals surface area contributed by atoms with Gasteiger partial charge in [0.25, 0.3) is 0 Å². The lowest BCUT2D eigenvalue weighted by molar-refractivity contribution is 0.477. The predicted molar refractivity (Wildman–Crippen MR) is 242 cm³/mol. The number of aryl methyl sites for hydroxylation is 1. The molecule has 0 unspecified atom stereocenters. The third-order valence-corrected chi connectivity index (χ3v) is 11.2. The van der Waals surface area contributed by atoms with Gasteiger partial charge in [0.1, 0.15) is 11.6 Å². The Morgan fingerprint density at radius 3 is 1.75 bits per heavy atom. The fourth-order valence-corrected chi connectivity index (χ4v) is 7.71. The Hall–Kier alpha value is -5.48. The lowest BCUT2D eigenvalue weighted by Crippen LogP contribution is -2.17. The van der Waals surface area contributed by atoms with Gasteiger partial charge in [-0.2, -0.15) is 0 Å². The maximum Gasteiger partial charge on any atom is 0.149 e. The lowest BCUT2D eigenvalue weighted by atomic mass is 9.80. The van der Waals surface area contributed by atoms with E-state index in [1.54, 1.807) is 6.07 Å². The molecule has 4 heteroatoms. The molecule has 0 aliphatic heterocycles. The number of phenolic OH excluding ortho intramolecular Hbond substituents is 1. The molecular weight excluding hydrogens is 695 g/mol. The lowest BCUT2D eigenvalue weighted by Gasteiger charge is -2.27. The van der Waals surface area contributed by atoms with Gasteiger partial charge in [0.2, 0.25) is 0 Å². The Labute approximate surface area is 340 Å². The van der Waals surface area contributed by atoms with Crippen LogP contribution >= 0.6 is 0 Å². The second-order valence-electron chi connectivity index (χ2n) is 20.0. The standard InChI is InChI=1S/C53H59N3O/c1-33-21-22-44(53(11,12)13)43(25-33)34-23-24-54-45(29-34)36-26-35(27-37(28-36)50(2,3)4)41-18-16-19-46-48(41)55-49(42-17-14-15-20-47(42)57)56(46)40-31-38(51(5,6)7)30-39(32-40)52(8,9)10/h14-32,57H,1-13H3. The van der Waals surface area contributed by atoms with Crippen molar-refractivity contribution in [3.8, 4) is 56.3 Å². The zero-order valence-electron chi connectivity index (χ0n) is 36.3. The topological polar surface area (TPSA) is 50.9 Å². The maximum absolute atomic E-state index is 11.3. The highest BCUT2D eigenvalue weighted by atomic mass is 16.3. The van der Waals surface area contributed by atoms with Gasteiger partial charge in [0, 0.05) is 23.0 Å². The average Bonchev–Trinajstić information content (AvgIpc) is 3.53. The van der Waals surface area contributed by atoms with Gasteiger partial charge in [-0.15, -0.1) is 0 Å². The van der Waals surface area contributed by atoms with Crippen LogP contribution in [0.5, 0.6) is 5.75 Å². The van der Waals surface area contributed by atoms with E-state index in [-0.39, 0.29) is 27.4 Å². The van der Waals surface area contributed by atoms with Gasteiger partial charge in [-0.1, -0.05) is 143 Å². The SMILES string of the molecule is Cc1ccc(C(C)(C)C)c(-c2ccnc(-c3cc(-c4cccc5c4nc(-c4ccccc4O)n5-c4cc(C(C)(C)C)cc(C(C)(C)C)c4)cc(C(C)(C)C)c3)c2)c1. The van der Waals surface area contributed by atoms with Crippen molar-refractivity contribution in [1.82, 2.24) is 14.5 Å².